The van der Waals surface area contributed by atoms with Crippen LogP contribution in [0.3, 0.4) is 0 Å². The van der Waals surface area contributed by atoms with Gasteiger partial charge in [-0.2, -0.15) is 5.26 Å². The van der Waals surface area contributed by atoms with Crippen molar-refractivity contribution in [3.05, 3.63) is 29.8 Å². The number of hydrogen-bond donors (Lipinski definition) is 2. The molecule has 3 N–H and O–H groups in total. The Kier molecular flexibility index (Phi) is 5.10. The summed E-state index contributed by atoms with van der Waals surface area (Å²) in [6.45, 7) is 3.47. The normalized spacial score (nSPS) is 18.7. The highest BCUT2D eigenvalue weighted by Gasteiger charge is 2.21. The highest BCUT2D eigenvalue weighted by Crippen LogP contribution is 2.16. The Morgan fingerprint density at radius 2 is 2.30 bits per heavy atom. The molecule has 5 heteroatoms. The zero-order chi connectivity index (χ0) is 14.4. The van der Waals surface area contributed by atoms with E-state index in [0.717, 1.165) is 32.6 Å². The highest BCUT2D eigenvalue weighted by molar-refractivity contribution is 5.92. The molecule has 1 heterocycles. The molecule has 1 aromatic rings. The van der Waals surface area contributed by atoms with Crippen molar-refractivity contribution in [2.24, 2.45) is 11.7 Å². The Morgan fingerprint density at radius 3 is 3.00 bits per heavy atom. The Bertz CT molecular complexity index is 509. The predicted molar refractivity (Wildman–Crippen MR) is 78.0 cm³/mol. The van der Waals surface area contributed by atoms with Crippen molar-refractivity contribution in [2.45, 2.75) is 12.8 Å². The third-order valence-electron chi connectivity index (χ3n) is 3.68. The zero-order valence-electron chi connectivity index (χ0n) is 11.5. The van der Waals surface area contributed by atoms with Gasteiger partial charge in [0, 0.05) is 19.5 Å². The van der Waals surface area contributed by atoms with Crippen LogP contribution in [0.15, 0.2) is 24.3 Å². The van der Waals surface area contributed by atoms with E-state index >= 15 is 0 Å². The standard InChI is InChI=1S/C15H20N4O/c16-9-12-5-7-19(11-12)8-6-15(20)18-14-4-2-1-3-13(14)10-17/h1-4,12H,5-9,11,16H2,(H,18,20). The second-order valence-electron chi connectivity index (χ2n) is 5.15. The molecule has 5 nitrogen and oxygen atoms in total. The first kappa shape index (κ1) is 14.5. The summed E-state index contributed by atoms with van der Waals surface area (Å²) in [5.41, 5.74) is 6.72. The molecule has 1 amide bonds. The third-order valence-corrected chi connectivity index (χ3v) is 3.68. The number of likely N-dealkylation sites (tertiary alicyclic amines) is 1. The SMILES string of the molecule is N#Cc1ccccc1NC(=O)CCN1CCC(CN)C1. The summed E-state index contributed by atoms with van der Waals surface area (Å²) in [5, 5.41) is 11.8. The van der Waals surface area contributed by atoms with Crippen LogP contribution in [0.2, 0.25) is 0 Å². The van der Waals surface area contributed by atoms with Gasteiger partial charge in [-0.15, -0.1) is 0 Å². The molecule has 0 saturated carbocycles. The summed E-state index contributed by atoms with van der Waals surface area (Å²) in [6, 6.07) is 9.11. The number of carbonyl (C=O) groups excluding carboxylic acids is 1. The Labute approximate surface area is 119 Å². The van der Waals surface area contributed by atoms with Crippen LogP contribution in [0.1, 0.15) is 18.4 Å². The number of anilines is 1. The average molecular weight is 272 g/mol. The molecule has 0 bridgehead atoms. The Balaban J connectivity index is 1.80. The molecular formula is C15H20N4O. The summed E-state index contributed by atoms with van der Waals surface area (Å²) in [4.78, 5) is 14.2. The van der Waals surface area contributed by atoms with E-state index in [-0.39, 0.29) is 5.91 Å². The molecule has 20 heavy (non-hydrogen) atoms. The smallest absolute Gasteiger partial charge is 0.225 e. The molecule has 0 spiro atoms. The van der Waals surface area contributed by atoms with Gasteiger partial charge >= 0.3 is 0 Å². The van der Waals surface area contributed by atoms with E-state index in [1.54, 1.807) is 18.2 Å². The number of para-hydroxylation sites is 1. The molecule has 1 aromatic carbocycles. The first-order valence-electron chi connectivity index (χ1n) is 6.94. The van der Waals surface area contributed by atoms with E-state index in [1.807, 2.05) is 6.07 Å². The zero-order valence-corrected chi connectivity index (χ0v) is 11.5. The Morgan fingerprint density at radius 1 is 1.50 bits per heavy atom. The lowest BCUT2D eigenvalue weighted by Gasteiger charge is -2.15. The van der Waals surface area contributed by atoms with Crippen LogP contribution in [0, 0.1) is 17.2 Å². The first-order valence-corrected chi connectivity index (χ1v) is 6.94. The fraction of sp³-hybridized carbons (Fsp3) is 0.467. The quantitative estimate of drug-likeness (QED) is 0.843. The summed E-state index contributed by atoms with van der Waals surface area (Å²) < 4.78 is 0. The van der Waals surface area contributed by atoms with Crippen LogP contribution >= 0.6 is 0 Å². The number of benzene rings is 1. The molecular weight excluding hydrogens is 252 g/mol. The van der Waals surface area contributed by atoms with Gasteiger partial charge in [0.25, 0.3) is 0 Å². The van der Waals surface area contributed by atoms with Gasteiger partial charge in [0.15, 0.2) is 0 Å². The maximum Gasteiger partial charge on any atom is 0.225 e. The highest BCUT2D eigenvalue weighted by atomic mass is 16.1. The van der Waals surface area contributed by atoms with Crippen molar-refractivity contribution in [1.29, 1.82) is 5.26 Å². The van der Waals surface area contributed by atoms with E-state index in [4.69, 9.17) is 11.0 Å². The average Bonchev–Trinajstić information content (AvgIpc) is 2.94. The van der Waals surface area contributed by atoms with E-state index in [2.05, 4.69) is 16.3 Å². The van der Waals surface area contributed by atoms with Crippen LogP contribution < -0.4 is 11.1 Å². The van der Waals surface area contributed by atoms with E-state index in [9.17, 15) is 4.79 Å². The summed E-state index contributed by atoms with van der Waals surface area (Å²) in [6.07, 6.45) is 1.56. The van der Waals surface area contributed by atoms with E-state index in [0.29, 0.717) is 23.6 Å². The van der Waals surface area contributed by atoms with Gasteiger partial charge < -0.3 is 16.0 Å². The van der Waals surface area contributed by atoms with Crippen LogP contribution in [-0.2, 0) is 4.79 Å². The number of carbonyl (C=O) groups is 1. The van der Waals surface area contributed by atoms with Crippen molar-refractivity contribution >= 4 is 11.6 Å². The summed E-state index contributed by atoms with van der Waals surface area (Å²) >= 11 is 0. The third kappa shape index (κ3) is 3.80. The second kappa shape index (κ2) is 7.04. The van der Waals surface area contributed by atoms with Crippen LogP contribution in [0.25, 0.3) is 0 Å². The maximum atomic E-state index is 11.9. The first-order chi connectivity index (χ1) is 9.72. The van der Waals surface area contributed by atoms with Gasteiger partial charge in [-0.1, -0.05) is 12.1 Å². The number of hydrogen-bond acceptors (Lipinski definition) is 4. The maximum absolute atomic E-state index is 11.9. The van der Waals surface area contributed by atoms with Crippen LogP contribution in [0.4, 0.5) is 5.69 Å². The molecule has 0 radical (unpaired) electrons. The number of nitrogens with two attached hydrogens (primary N) is 1. The van der Waals surface area contributed by atoms with Gasteiger partial charge in [0.1, 0.15) is 6.07 Å². The number of amides is 1. The lowest BCUT2D eigenvalue weighted by Crippen LogP contribution is -2.27. The van der Waals surface area contributed by atoms with E-state index < -0.39 is 0 Å². The summed E-state index contributed by atoms with van der Waals surface area (Å²) in [5.74, 6) is 0.515. The lowest BCUT2D eigenvalue weighted by atomic mass is 10.1. The molecule has 2 rings (SSSR count). The molecule has 1 fully saturated rings. The van der Waals surface area contributed by atoms with Gasteiger partial charge in [-0.25, -0.2) is 0 Å². The van der Waals surface area contributed by atoms with E-state index in [1.165, 1.54) is 0 Å². The van der Waals surface area contributed by atoms with Gasteiger partial charge in [-0.3, -0.25) is 4.79 Å². The number of nitriles is 1. The second-order valence-corrected chi connectivity index (χ2v) is 5.15. The lowest BCUT2D eigenvalue weighted by molar-refractivity contribution is -0.116. The van der Waals surface area contributed by atoms with Crippen molar-refractivity contribution in [2.75, 3.05) is 31.5 Å². The molecule has 0 aromatic heterocycles. The van der Waals surface area contributed by atoms with Crippen molar-refractivity contribution < 1.29 is 4.79 Å². The molecule has 1 saturated heterocycles. The van der Waals surface area contributed by atoms with Crippen molar-refractivity contribution in [3.63, 3.8) is 0 Å². The molecule has 1 atom stereocenters. The van der Waals surface area contributed by atoms with Crippen LogP contribution in [-0.4, -0.2) is 37.0 Å². The predicted octanol–water partition coefficient (Wildman–Crippen LogP) is 1.17. The number of nitrogens with one attached hydrogen (secondary N) is 1. The largest absolute Gasteiger partial charge is 0.330 e. The topological polar surface area (TPSA) is 82.2 Å². The fourth-order valence-electron chi connectivity index (χ4n) is 2.47. The number of rotatable bonds is 5. The van der Waals surface area contributed by atoms with Crippen molar-refractivity contribution in [3.8, 4) is 6.07 Å². The molecule has 0 aliphatic carbocycles. The molecule has 106 valence electrons. The monoisotopic (exact) mass is 272 g/mol. The van der Waals surface area contributed by atoms with Gasteiger partial charge in [0.05, 0.1) is 11.3 Å². The number of nitrogens with zero attached hydrogens (tertiary/aromatic N) is 2. The minimum absolute atomic E-state index is 0.0519. The van der Waals surface area contributed by atoms with Gasteiger partial charge in [0.2, 0.25) is 5.91 Å². The fourth-order valence-corrected chi connectivity index (χ4v) is 2.47. The molecule has 1 aliphatic rings. The molecule has 1 aliphatic heterocycles. The molecule has 1 unspecified atom stereocenters. The van der Waals surface area contributed by atoms with Crippen LogP contribution in [0.5, 0.6) is 0 Å². The minimum Gasteiger partial charge on any atom is -0.330 e. The van der Waals surface area contributed by atoms with Crippen molar-refractivity contribution in [1.82, 2.24) is 4.90 Å². The minimum atomic E-state index is -0.0519. The van der Waals surface area contributed by atoms with Gasteiger partial charge in [-0.05, 0) is 37.6 Å². The summed E-state index contributed by atoms with van der Waals surface area (Å²) in [7, 11) is 0. The Hall–Kier alpha value is -1.90.